The first-order chi connectivity index (χ1) is 6.88. The highest BCUT2D eigenvalue weighted by atomic mass is 15.3. The molecule has 72 valence electrons. The Labute approximate surface area is 81.8 Å². The summed E-state index contributed by atoms with van der Waals surface area (Å²) in [5.74, 6) is 0.864. The van der Waals surface area contributed by atoms with Crippen molar-refractivity contribution in [3.8, 4) is 0 Å². The molecule has 0 unspecified atom stereocenters. The van der Waals surface area contributed by atoms with Gasteiger partial charge in [-0.15, -0.1) is 0 Å². The Morgan fingerprint density at radius 1 is 1.50 bits per heavy atom. The van der Waals surface area contributed by atoms with Gasteiger partial charge in [-0.05, 0) is 17.7 Å². The van der Waals surface area contributed by atoms with Crippen LogP contribution >= 0.6 is 0 Å². The number of rotatable bonds is 3. The molecule has 0 radical (unpaired) electrons. The molecular weight excluding hydrogens is 178 g/mol. The van der Waals surface area contributed by atoms with E-state index < -0.39 is 0 Å². The molecule has 0 saturated heterocycles. The highest BCUT2D eigenvalue weighted by molar-refractivity contribution is 5.36. The second-order valence-corrected chi connectivity index (χ2v) is 2.89. The topological polar surface area (TPSA) is 55.6 Å². The molecule has 2 aromatic rings. The van der Waals surface area contributed by atoms with Gasteiger partial charge in [-0.2, -0.15) is 5.10 Å². The minimum absolute atomic E-state index is 0.719. The number of pyridine rings is 1. The minimum atomic E-state index is 0.719. The van der Waals surface area contributed by atoms with Gasteiger partial charge in [0.25, 0.3) is 0 Å². The van der Waals surface area contributed by atoms with Crippen molar-refractivity contribution >= 4 is 5.82 Å². The lowest BCUT2D eigenvalue weighted by Crippen LogP contribution is -2.01. The first-order valence-electron chi connectivity index (χ1n) is 4.33. The van der Waals surface area contributed by atoms with Crippen LogP contribution in [0.1, 0.15) is 5.56 Å². The molecule has 2 heterocycles. The summed E-state index contributed by atoms with van der Waals surface area (Å²) in [6.45, 7) is 0.719. The molecule has 0 aliphatic heterocycles. The summed E-state index contributed by atoms with van der Waals surface area (Å²) in [6.07, 6.45) is 5.00. The lowest BCUT2D eigenvalue weighted by Gasteiger charge is -2.03. The van der Waals surface area contributed by atoms with Gasteiger partial charge in [0.1, 0.15) is 18.5 Å². The number of nitrogens with zero attached hydrogens (tertiary/aromatic N) is 4. The molecule has 2 rings (SSSR count). The second kappa shape index (κ2) is 3.87. The summed E-state index contributed by atoms with van der Waals surface area (Å²) in [5.41, 5.74) is 1.15. The molecule has 0 amide bonds. The van der Waals surface area contributed by atoms with Gasteiger partial charge >= 0.3 is 0 Å². The van der Waals surface area contributed by atoms with Crippen LogP contribution in [0.15, 0.2) is 31.0 Å². The average Bonchev–Trinajstić information content (AvgIpc) is 2.71. The molecule has 5 heteroatoms. The van der Waals surface area contributed by atoms with Gasteiger partial charge in [0, 0.05) is 13.2 Å². The lowest BCUT2D eigenvalue weighted by molar-refractivity contribution is 0.684. The lowest BCUT2D eigenvalue weighted by atomic mass is 10.2. The van der Waals surface area contributed by atoms with Crippen LogP contribution in [0.5, 0.6) is 0 Å². The highest BCUT2D eigenvalue weighted by Gasteiger charge is 1.97. The van der Waals surface area contributed by atoms with Crippen molar-refractivity contribution < 1.29 is 0 Å². The quantitative estimate of drug-likeness (QED) is 0.774. The van der Waals surface area contributed by atoms with Gasteiger partial charge in [0.15, 0.2) is 0 Å². The summed E-state index contributed by atoms with van der Waals surface area (Å²) in [6, 6.07) is 3.95. The van der Waals surface area contributed by atoms with E-state index in [1.54, 1.807) is 17.2 Å². The zero-order valence-electron chi connectivity index (χ0n) is 7.88. The van der Waals surface area contributed by atoms with Crippen LogP contribution in [0.3, 0.4) is 0 Å². The number of nitrogens with one attached hydrogen (secondary N) is 1. The van der Waals surface area contributed by atoms with E-state index in [1.807, 2.05) is 19.2 Å². The minimum Gasteiger partial charge on any atom is -0.373 e. The SMILES string of the molecule is CNc1cc(Cn2cncn2)ccn1. The van der Waals surface area contributed by atoms with Crippen molar-refractivity contribution in [2.45, 2.75) is 6.54 Å². The Hall–Kier alpha value is -1.91. The molecule has 1 N–H and O–H groups in total. The van der Waals surface area contributed by atoms with Crippen LogP contribution in [0, 0.1) is 0 Å². The van der Waals surface area contributed by atoms with Crippen LogP contribution in [0.25, 0.3) is 0 Å². The monoisotopic (exact) mass is 189 g/mol. The Balaban J connectivity index is 2.17. The Kier molecular flexibility index (Phi) is 2.40. The fourth-order valence-electron chi connectivity index (χ4n) is 1.21. The molecule has 0 spiro atoms. The van der Waals surface area contributed by atoms with Gasteiger partial charge < -0.3 is 5.32 Å². The molecule has 0 saturated carbocycles. The average molecular weight is 189 g/mol. The first-order valence-corrected chi connectivity index (χ1v) is 4.33. The van der Waals surface area contributed by atoms with E-state index in [0.29, 0.717) is 0 Å². The van der Waals surface area contributed by atoms with Crippen molar-refractivity contribution in [1.29, 1.82) is 0 Å². The molecule has 5 nitrogen and oxygen atoms in total. The normalized spacial score (nSPS) is 10.1. The van der Waals surface area contributed by atoms with Crippen LogP contribution in [0.4, 0.5) is 5.82 Å². The fourth-order valence-corrected chi connectivity index (χ4v) is 1.21. The summed E-state index contributed by atoms with van der Waals surface area (Å²) in [4.78, 5) is 8.01. The third-order valence-corrected chi connectivity index (χ3v) is 1.89. The summed E-state index contributed by atoms with van der Waals surface area (Å²) in [5, 5.41) is 7.02. The predicted molar refractivity (Wildman–Crippen MR) is 52.9 cm³/mol. The number of anilines is 1. The third kappa shape index (κ3) is 1.87. The highest BCUT2D eigenvalue weighted by Crippen LogP contribution is 2.06. The molecule has 14 heavy (non-hydrogen) atoms. The first kappa shape index (κ1) is 8.68. The van der Waals surface area contributed by atoms with Crippen molar-refractivity contribution in [3.05, 3.63) is 36.5 Å². The molecule has 0 fully saturated rings. The number of aromatic nitrogens is 4. The van der Waals surface area contributed by atoms with Gasteiger partial charge in [-0.25, -0.2) is 14.6 Å². The van der Waals surface area contributed by atoms with E-state index in [2.05, 4.69) is 20.4 Å². The maximum atomic E-state index is 4.13. The Morgan fingerprint density at radius 2 is 2.43 bits per heavy atom. The molecule has 0 aromatic carbocycles. The zero-order valence-corrected chi connectivity index (χ0v) is 7.88. The van der Waals surface area contributed by atoms with Crippen LogP contribution in [-0.4, -0.2) is 26.8 Å². The Morgan fingerprint density at radius 3 is 3.14 bits per heavy atom. The van der Waals surface area contributed by atoms with Crippen LogP contribution in [-0.2, 0) is 6.54 Å². The smallest absolute Gasteiger partial charge is 0.137 e. The molecule has 0 aliphatic carbocycles. The molecular formula is C9H11N5. The maximum absolute atomic E-state index is 4.13. The van der Waals surface area contributed by atoms with Crippen molar-refractivity contribution in [2.24, 2.45) is 0 Å². The van der Waals surface area contributed by atoms with Crippen LogP contribution < -0.4 is 5.32 Å². The third-order valence-electron chi connectivity index (χ3n) is 1.89. The van der Waals surface area contributed by atoms with Crippen molar-refractivity contribution in [3.63, 3.8) is 0 Å². The van der Waals surface area contributed by atoms with E-state index >= 15 is 0 Å². The van der Waals surface area contributed by atoms with E-state index in [9.17, 15) is 0 Å². The van der Waals surface area contributed by atoms with Gasteiger partial charge in [0.2, 0.25) is 0 Å². The summed E-state index contributed by atoms with van der Waals surface area (Å²) < 4.78 is 1.77. The number of hydrogen-bond donors (Lipinski definition) is 1. The molecule has 0 bridgehead atoms. The van der Waals surface area contributed by atoms with Gasteiger partial charge in [-0.3, -0.25) is 0 Å². The Bertz CT molecular complexity index is 395. The van der Waals surface area contributed by atoms with E-state index in [-0.39, 0.29) is 0 Å². The number of hydrogen-bond acceptors (Lipinski definition) is 4. The van der Waals surface area contributed by atoms with Gasteiger partial charge in [0.05, 0.1) is 6.54 Å². The van der Waals surface area contributed by atoms with Crippen molar-refractivity contribution in [1.82, 2.24) is 19.7 Å². The fraction of sp³-hybridized carbons (Fsp3) is 0.222. The predicted octanol–water partition coefficient (Wildman–Crippen LogP) is 0.763. The van der Waals surface area contributed by atoms with E-state index in [0.717, 1.165) is 17.9 Å². The molecule has 0 aliphatic rings. The summed E-state index contributed by atoms with van der Waals surface area (Å²) in [7, 11) is 1.85. The van der Waals surface area contributed by atoms with Crippen LogP contribution in [0.2, 0.25) is 0 Å². The second-order valence-electron chi connectivity index (χ2n) is 2.89. The maximum Gasteiger partial charge on any atom is 0.137 e. The van der Waals surface area contributed by atoms with Crippen molar-refractivity contribution in [2.75, 3.05) is 12.4 Å². The largest absolute Gasteiger partial charge is 0.373 e. The molecule has 2 aromatic heterocycles. The van der Waals surface area contributed by atoms with E-state index in [1.165, 1.54) is 6.33 Å². The summed E-state index contributed by atoms with van der Waals surface area (Å²) >= 11 is 0. The van der Waals surface area contributed by atoms with Gasteiger partial charge in [-0.1, -0.05) is 0 Å². The molecule has 0 atom stereocenters. The van der Waals surface area contributed by atoms with E-state index in [4.69, 9.17) is 0 Å². The zero-order chi connectivity index (χ0) is 9.80. The standard InChI is InChI=1S/C9H11N5/c1-10-9-4-8(2-3-12-9)5-14-7-11-6-13-14/h2-4,6-7H,5H2,1H3,(H,10,12).